The highest BCUT2D eigenvalue weighted by Crippen LogP contribution is 2.39. The van der Waals surface area contributed by atoms with E-state index in [1.165, 1.54) is 17.8 Å². The molecule has 3 heterocycles. The summed E-state index contributed by atoms with van der Waals surface area (Å²) in [6.45, 7) is 1.05. The highest BCUT2D eigenvalue weighted by molar-refractivity contribution is 8.04. The second kappa shape index (κ2) is 8.75. The molecule has 3 unspecified atom stereocenters. The van der Waals surface area contributed by atoms with Gasteiger partial charge >= 0.3 is 0 Å². The Morgan fingerprint density at radius 3 is 2.70 bits per heavy atom. The Labute approximate surface area is 177 Å². The maximum absolute atomic E-state index is 14.3. The smallest absolute Gasteiger partial charge is 0.237 e. The van der Waals surface area contributed by atoms with Gasteiger partial charge in [0.15, 0.2) is 0 Å². The molecule has 0 bridgehead atoms. The van der Waals surface area contributed by atoms with Crippen LogP contribution < -0.4 is 21.7 Å². The number of fused-ring (bicyclic) bond motifs is 1. The fourth-order valence-corrected chi connectivity index (χ4v) is 5.28. The molecular weight excluding hydrogens is 409 g/mol. The zero-order valence-corrected chi connectivity index (χ0v) is 17.1. The lowest BCUT2D eigenvalue weighted by molar-refractivity contribution is -0.130. The molecule has 8 nitrogen and oxygen atoms in total. The number of likely N-dealkylation sites (tertiary alicyclic amines) is 1. The molecule has 1 aromatic rings. The van der Waals surface area contributed by atoms with Crippen molar-refractivity contribution in [2.75, 3.05) is 19.6 Å². The van der Waals surface area contributed by atoms with E-state index >= 15 is 0 Å². The van der Waals surface area contributed by atoms with Crippen molar-refractivity contribution in [3.63, 3.8) is 0 Å². The molecular formula is C20H24FN5O3S. The van der Waals surface area contributed by atoms with Gasteiger partial charge in [0.2, 0.25) is 17.7 Å². The minimum Gasteiger partial charge on any atom is -0.368 e. The van der Waals surface area contributed by atoms with Crippen molar-refractivity contribution in [3.8, 4) is 0 Å². The number of carbonyl (C=O) groups is 3. The Hall–Kier alpha value is -2.43. The zero-order valence-electron chi connectivity index (χ0n) is 16.3. The first-order valence-corrected chi connectivity index (χ1v) is 10.8. The molecule has 30 heavy (non-hydrogen) atoms. The van der Waals surface area contributed by atoms with Gasteiger partial charge in [-0.3, -0.25) is 24.6 Å². The number of benzene rings is 1. The van der Waals surface area contributed by atoms with Crippen LogP contribution >= 0.6 is 11.8 Å². The van der Waals surface area contributed by atoms with E-state index in [1.807, 2.05) is 5.41 Å². The van der Waals surface area contributed by atoms with Gasteiger partial charge in [-0.15, -0.1) is 11.8 Å². The van der Waals surface area contributed by atoms with Crippen molar-refractivity contribution in [2.45, 2.75) is 30.4 Å². The van der Waals surface area contributed by atoms with Gasteiger partial charge in [-0.05, 0) is 29.9 Å². The molecule has 2 saturated heterocycles. The molecule has 1 aromatic carbocycles. The topological polar surface area (TPSA) is 117 Å². The summed E-state index contributed by atoms with van der Waals surface area (Å²) < 4.78 is 14.3. The van der Waals surface area contributed by atoms with Gasteiger partial charge in [-0.1, -0.05) is 18.2 Å². The Morgan fingerprint density at radius 1 is 1.27 bits per heavy atom. The minimum absolute atomic E-state index is 0.0855. The maximum atomic E-state index is 14.3. The number of halogens is 1. The minimum atomic E-state index is -0.572. The molecule has 3 amide bonds. The predicted molar refractivity (Wildman–Crippen MR) is 111 cm³/mol. The van der Waals surface area contributed by atoms with Gasteiger partial charge in [-0.25, -0.2) is 4.39 Å². The van der Waals surface area contributed by atoms with E-state index in [0.717, 1.165) is 5.57 Å². The first-order chi connectivity index (χ1) is 14.4. The van der Waals surface area contributed by atoms with E-state index < -0.39 is 5.91 Å². The Balaban J connectivity index is 1.39. The summed E-state index contributed by atoms with van der Waals surface area (Å²) >= 11 is 1.39. The first kappa shape index (κ1) is 20.8. The fourth-order valence-electron chi connectivity index (χ4n) is 4.14. The standard InChI is InChI=1S/C20H24FN5O3S/c21-14-4-2-1-3-12(14)13-10-30-17-16(13)24-20(25-19(17)29)26-7-5-11(6-8-26)18(28)23-9-15(22)27/h1-4,10-11,16-17,20,24H,5-9H2,(H2,22,27)(H,23,28)(H,25,29). The van der Waals surface area contributed by atoms with E-state index in [9.17, 15) is 18.8 Å². The molecule has 10 heteroatoms. The second-order valence-electron chi connectivity index (χ2n) is 7.66. The van der Waals surface area contributed by atoms with Gasteiger partial charge < -0.3 is 16.4 Å². The van der Waals surface area contributed by atoms with Crippen molar-refractivity contribution >= 4 is 35.1 Å². The number of hydrogen-bond acceptors (Lipinski definition) is 6. The van der Waals surface area contributed by atoms with Crippen molar-refractivity contribution in [2.24, 2.45) is 11.7 Å². The van der Waals surface area contributed by atoms with Crippen LogP contribution in [0.15, 0.2) is 29.7 Å². The summed E-state index contributed by atoms with van der Waals surface area (Å²) in [4.78, 5) is 37.7. The number of nitrogens with zero attached hydrogens (tertiary/aromatic N) is 1. The van der Waals surface area contributed by atoms with Crippen molar-refractivity contribution in [1.82, 2.24) is 20.9 Å². The van der Waals surface area contributed by atoms with Gasteiger partial charge in [0.1, 0.15) is 17.4 Å². The molecule has 0 saturated carbocycles. The highest BCUT2D eigenvalue weighted by atomic mass is 32.2. The third-order valence-corrected chi connectivity index (χ3v) is 6.91. The number of nitrogens with one attached hydrogen (secondary N) is 3. The SMILES string of the molecule is NC(=O)CNC(=O)C1CCN(C2NC(=O)C3SC=C(c4ccccc4F)C3N2)CC1. The number of rotatable bonds is 5. The first-order valence-electron chi connectivity index (χ1n) is 9.91. The third-order valence-electron chi connectivity index (χ3n) is 5.74. The summed E-state index contributed by atoms with van der Waals surface area (Å²) in [5.41, 5.74) is 6.35. The molecule has 160 valence electrons. The van der Waals surface area contributed by atoms with Crippen LogP contribution in [0.5, 0.6) is 0 Å². The van der Waals surface area contributed by atoms with Crippen molar-refractivity contribution in [3.05, 3.63) is 41.1 Å². The van der Waals surface area contributed by atoms with E-state index in [1.54, 1.807) is 18.2 Å². The molecule has 4 rings (SSSR count). The maximum Gasteiger partial charge on any atom is 0.237 e. The van der Waals surface area contributed by atoms with Crippen LogP contribution in [0.25, 0.3) is 5.57 Å². The average Bonchev–Trinajstić information content (AvgIpc) is 3.17. The summed E-state index contributed by atoms with van der Waals surface area (Å²) in [5, 5.41) is 10.5. The summed E-state index contributed by atoms with van der Waals surface area (Å²) in [6, 6.07) is 6.28. The second-order valence-corrected chi connectivity index (χ2v) is 8.68. The lowest BCUT2D eigenvalue weighted by atomic mass is 9.94. The lowest BCUT2D eigenvalue weighted by Crippen LogP contribution is -2.68. The van der Waals surface area contributed by atoms with Crippen LogP contribution in [0.3, 0.4) is 0 Å². The van der Waals surface area contributed by atoms with Gasteiger partial charge in [0, 0.05) is 24.6 Å². The Kier molecular flexibility index (Phi) is 6.07. The van der Waals surface area contributed by atoms with Crippen LogP contribution in [0.2, 0.25) is 0 Å². The summed E-state index contributed by atoms with van der Waals surface area (Å²) in [5.74, 6) is -1.33. The predicted octanol–water partition coefficient (Wildman–Crippen LogP) is -0.0329. The van der Waals surface area contributed by atoms with Crippen LogP contribution in [0.1, 0.15) is 18.4 Å². The molecule has 0 aromatic heterocycles. The molecule has 5 N–H and O–H groups in total. The third kappa shape index (κ3) is 4.21. The largest absolute Gasteiger partial charge is 0.368 e. The fraction of sp³-hybridized carbons (Fsp3) is 0.450. The number of hydrogen-bond donors (Lipinski definition) is 4. The molecule has 0 radical (unpaired) electrons. The average molecular weight is 434 g/mol. The summed E-state index contributed by atoms with van der Waals surface area (Å²) in [6.07, 6.45) is 0.830. The number of thioether (sulfide) groups is 1. The van der Waals surface area contributed by atoms with Gasteiger partial charge in [0.25, 0.3) is 0 Å². The Bertz CT molecular complexity index is 887. The number of carbonyl (C=O) groups excluding carboxylic acids is 3. The van der Waals surface area contributed by atoms with Crippen LogP contribution in [0.4, 0.5) is 4.39 Å². The van der Waals surface area contributed by atoms with Crippen LogP contribution in [0, 0.1) is 11.7 Å². The number of nitrogens with two attached hydrogens (primary N) is 1. The zero-order chi connectivity index (χ0) is 21.3. The van der Waals surface area contributed by atoms with Gasteiger partial charge in [0.05, 0.1) is 12.6 Å². The van der Waals surface area contributed by atoms with Crippen LogP contribution in [-0.2, 0) is 14.4 Å². The molecule has 3 atom stereocenters. The van der Waals surface area contributed by atoms with E-state index in [4.69, 9.17) is 5.73 Å². The van der Waals surface area contributed by atoms with E-state index in [2.05, 4.69) is 20.9 Å². The number of piperidine rings is 1. The Morgan fingerprint density at radius 2 is 2.00 bits per heavy atom. The summed E-state index contributed by atoms with van der Waals surface area (Å²) in [7, 11) is 0. The molecule has 2 fully saturated rings. The van der Waals surface area contributed by atoms with Crippen molar-refractivity contribution in [1.29, 1.82) is 0 Å². The lowest BCUT2D eigenvalue weighted by Gasteiger charge is -2.43. The monoisotopic (exact) mass is 433 g/mol. The van der Waals surface area contributed by atoms with Crippen molar-refractivity contribution < 1.29 is 18.8 Å². The van der Waals surface area contributed by atoms with Gasteiger partial charge in [-0.2, -0.15) is 0 Å². The highest BCUT2D eigenvalue weighted by Gasteiger charge is 2.44. The quantitative estimate of drug-likeness (QED) is 0.518. The molecule has 0 aliphatic carbocycles. The molecule has 0 spiro atoms. The molecule has 3 aliphatic heterocycles. The van der Waals surface area contributed by atoms with E-state index in [0.29, 0.717) is 31.5 Å². The number of primary amides is 1. The van der Waals surface area contributed by atoms with Crippen LogP contribution in [-0.4, -0.2) is 59.8 Å². The van der Waals surface area contributed by atoms with E-state index in [-0.39, 0.29) is 47.7 Å². The molecule has 3 aliphatic rings. The number of amides is 3. The normalized spacial score (nSPS) is 27.2.